The fraction of sp³-hybridized carbons (Fsp3) is 0.562. The number of hydrogen-bond donors (Lipinski definition) is 1. The lowest BCUT2D eigenvalue weighted by Crippen LogP contribution is -2.43. The van der Waals surface area contributed by atoms with E-state index in [4.69, 9.17) is 10.5 Å². The second-order valence-electron chi connectivity index (χ2n) is 5.39. The summed E-state index contributed by atoms with van der Waals surface area (Å²) in [6, 6.07) is 8.63. The Balaban J connectivity index is 2.11. The summed E-state index contributed by atoms with van der Waals surface area (Å²) < 4.78 is 5.24. The molecule has 1 aromatic rings. The average molecular weight is 308 g/mol. The Bertz CT molecular complexity index is 460. The van der Waals surface area contributed by atoms with Crippen molar-refractivity contribution >= 4 is 17.7 Å². The predicted octanol–water partition coefficient (Wildman–Crippen LogP) is 1.98. The number of aryl methyl sites for hydroxylation is 1. The Morgan fingerprint density at radius 1 is 1.48 bits per heavy atom. The van der Waals surface area contributed by atoms with Crippen LogP contribution in [0.5, 0.6) is 0 Å². The fourth-order valence-corrected chi connectivity index (χ4v) is 3.63. The topological polar surface area (TPSA) is 55.6 Å². The summed E-state index contributed by atoms with van der Waals surface area (Å²) in [7, 11) is 1.61. The molecule has 0 aliphatic carbocycles. The van der Waals surface area contributed by atoms with Gasteiger partial charge in [-0.2, -0.15) is 11.8 Å². The minimum atomic E-state index is -0.189. The van der Waals surface area contributed by atoms with Crippen LogP contribution in [0.1, 0.15) is 23.6 Å². The highest BCUT2D eigenvalue weighted by Crippen LogP contribution is 2.30. The molecule has 0 bridgehead atoms. The van der Waals surface area contributed by atoms with E-state index in [2.05, 4.69) is 31.2 Å². The van der Waals surface area contributed by atoms with Crippen LogP contribution >= 0.6 is 11.8 Å². The normalized spacial score (nSPS) is 20.3. The summed E-state index contributed by atoms with van der Waals surface area (Å²) in [5.74, 6) is 2.09. The second kappa shape index (κ2) is 7.82. The van der Waals surface area contributed by atoms with Gasteiger partial charge in [-0.3, -0.25) is 4.79 Å². The molecule has 116 valence electrons. The van der Waals surface area contributed by atoms with Gasteiger partial charge in [-0.05, 0) is 12.5 Å². The Labute approximate surface area is 131 Å². The Morgan fingerprint density at radius 2 is 2.19 bits per heavy atom. The summed E-state index contributed by atoms with van der Waals surface area (Å²) in [5, 5.41) is 0. The molecule has 4 nitrogen and oxygen atoms in total. The maximum atomic E-state index is 12.6. The molecule has 1 saturated heterocycles. The summed E-state index contributed by atoms with van der Waals surface area (Å²) in [6.45, 7) is 3.25. The number of thioether (sulfide) groups is 1. The van der Waals surface area contributed by atoms with Crippen LogP contribution in [0.4, 0.5) is 0 Å². The van der Waals surface area contributed by atoms with Crippen molar-refractivity contribution in [2.75, 3.05) is 31.7 Å². The minimum Gasteiger partial charge on any atom is -0.380 e. The fourth-order valence-electron chi connectivity index (χ4n) is 2.54. The third kappa shape index (κ3) is 4.22. The summed E-state index contributed by atoms with van der Waals surface area (Å²) in [5.41, 5.74) is 8.07. The highest BCUT2D eigenvalue weighted by molar-refractivity contribution is 7.99. The van der Waals surface area contributed by atoms with Gasteiger partial charge in [0.05, 0.1) is 18.6 Å². The van der Waals surface area contributed by atoms with Crippen molar-refractivity contribution in [2.45, 2.75) is 25.5 Å². The number of carbonyl (C=O) groups is 1. The van der Waals surface area contributed by atoms with Gasteiger partial charge in [0, 0.05) is 31.7 Å². The van der Waals surface area contributed by atoms with Crippen LogP contribution in [0.3, 0.4) is 0 Å². The van der Waals surface area contributed by atoms with Gasteiger partial charge in [-0.1, -0.05) is 29.8 Å². The van der Waals surface area contributed by atoms with Gasteiger partial charge in [0.1, 0.15) is 0 Å². The lowest BCUT2D eigenvalue weighted by Gasteiger charge is -2.36. The first kappa shape index (κ1) is 16.3. The summed E-state index contributed by atoms with van der Waals surface area (Å²) >= 11 is 1.90. The largest absolute Gasteiger partial charge is 0.380 e. The average Bonchev–Trinajstić information content (AvgIpc) is 2.53. The van der Waals surface area contributed by atoms with E-state index in [0.29, 0.717) is 13.0 Å². The Hall–Kier alpha value is -1.04. The number of methoxy groups -OCH3 is 1. The first-order valence-electron chi connectivity index (χ1n) is 7.32. The number of hydrogen-bond acceptors (Lipinski definition) is 4. The molecular weight excluding hydrogens is 284 g/mol. The minimum absolute atomic E-state index is 0.137. The molecule has 2 unspecified atom stereocenters. The molecule has 2 N–H and O–H groups in total. The van der Waals surface area contributed by atoms with Crippen molar-refractivity contribution in [3.8, 4) is 0 Å². The monoisotopic (exact) mass is 308 g/mol. The van der Waals surface area contributed by atoms with Crippen LogP contribution in [0.15, 0.2) is 24.3 Å². The Kier molecular flexibility index (Phi) is 6.08. The van der Waals surface area contributed by atoms with E-state index in [0.717, 1.165) is 18.1 Å². The van der Waals surface area contributed by atoms with Crippen molar-refractivity contribution in [3.63, 3.8) is 0 Å². The lowest BCUT2D eigenvalue weighted by molar-refractivity contribution is -0.135. The van der Waals surface area contributed by atoms with E-state index >= 15 is 0 Å². The zero-order chi connectivity index (χ0) is 15.2. The third-order valence-corrected chi connectivity index (χ3v) is 4.93. The van der Waals surface area contributed by atoms with E-state index in [1.54, 1.807) is 7.11 Å². The van der Waals surface area contributed by atoms with Crippen LogP contribution in [-0.2, 0) is 9.53 Å². The molecule has 2 atom stereocenters. The van der Waals surface area contributed by atoms with Gasteiger partial charge in [-0.25, -0.2) is 0 Å². The molecule has 0 aromatic heterocycles. The first-order chi connectivity index (χ1) is 10.2. The molecule has 1 aromatic carbocycles. The van der Waals surface area contributed by atoms with Crippen molar-refractivity contribution < 1.29 is 9.53 Å². The standard InChI is InChI=1S/C16H24N2O2S/c1-12-3-5-13(6-4-12)15-11-21-8-7-18(15)16(19)9-14(10-17)20-2/h3-6,14-15H,7-11,17H2,1-2H3. The number of rotatable bonds is 5. The van der Waals surface area contributed by atoms with Crippen LogP contribution in [0, 0.1) is 6.92 Å². The maximum Gasteiger partial charge on any atom is 0.225 e. The van der Waals surface area contributed by atoms with Crippen LogP contribution in [0.25, 0.3) is 0 Å². The van der Waals surface area contributed by atoms with Crippen LogP contribution in [0.2, 0.25) is 0 Å². The number of benzene rings is 1. The van der Waals surface area contributed by atoms with E-state index < -0.39 is 0 Å². The van der Waals surface area contributed by atoms with Crippen LogP contribution in [-0.4, -0.2) is 48.6 Å². The van der Waals surface area contributed by atoms with Gasteiger partial charge in [-0.15, -0.1) is 0 Å². The summed E-state index contributed by atoms with van der Waals surface area (Å²) in [6.07, 6.45) is 0.172. The number of ether oxygens (including phenoxy) is 1. The Morgan fingerprint density at radius 3 is 2.81 bits per heavy atom. The van der Waals surface area contributed by atoms with E-state index in [1.807, 2.05) is 16.7 Å². The summed E-state index contributed by atoms with van der Waals surface area (Å²) in [4.78, 5) is 14.5. The van der Waals surface area contributed by atoms with Gasteiger partial charge in [0.2, 0.25) is 5.91 Å². The number of nitrogens with two attached hydrogens (primary N) is 1. The molecule has 1 amide bonds. The molecule has 0 saturated carbocycles. The smallest absolute Gasteiger partial charge is 0.225 e. The number of amides is 1. The van der Waals surface area contributed by atoms with Crippen molar-refractivity contribution in [1.82, 2.24) is 4.90 Å². The number of nitrogens with zero attached hydrogens (tertiary/aromatic N) is 1. The number of carbonyl (C=O) groups excluding carboxylic acids is 1. The highest BCUT2D eigenvalue weighted by Gasteiger charge is 2.29. The van der Waals surface area contributed by atoms with E-state index in [-0.39, 0.29) is 18.1 Å². The first-order valence-corrected chi connectivity index (χ1v) is 8.47. The second-order valence-corrected chi connectivity index (χ2v) is 6.54. The van der Waals surface area contributed by atoms with Crippen molar-refractivity contribution in [1.29, 1.82) is 0 Å². The molecule has 2 rings (SSSR count). The molecular formula is C16H24N2O2S. The van der Waals surface area contributed by atoms with E-state index in [9.17, 15) is 4.79 Å². The van der Waals surface area contributed by atoms with Crippen molar-refractivity contribution in [3.05, 3.63) is 35.4 Å². The maximum absolute atomic E-state index is 12.6. The molecule has 1 aliphatic rings. The zero-order valence-electron chi connectivity index (χ0n) is 12.7. The van der Waals surface area contributed by atoms with E-state index in [1.165, 1.54) is 11.1 Å². The molecule has 1 aliphatic heterocycles. The van der Waals surface area contributed by atoms with Gasteiger partial charge in [0.15, 0.2) is 0 Å². The van der Waals surface area contributed by atoms with Gasteiger partial charge in [0.25, 0.3) is 0 Å². The molecule has 1 heterocycles. The molecule has 21 heavy (non-hydrogen) atoms. The van der Waals surface area contributed by atoms with Crippen LogP contribution < -0.4 is 5.73 Å². The molecule has 1 fully saturated rings. The zero-order valence-corrected chi connectivity index (χ0v) is 13.6. The van der Waals surface area contributed by atoms with Gasteiger partial charge < -0.3 is 15.4 Å². The lowest BCUT2D eigenvalue weighted by atomic mass is 10.0. The quantitative estimate of drug-likeness (QED) is 0.903. The van der Waals surface area contributed by atoms with Gasteiger partial charge >= 0.3 is 0 Å². The predicted molar refractivity (Wildman–Crippen MR) is 87.4 cm³/mol. The molecule has 5 heteroatoms. The SMILES string of the molecule is COC(CN)CC(=O)N1CCSCC1c1ccc(C)cc1. The van der Waals surface area contributed by atoms with Crippen molar-refractivity contribution in [2.24, 2.45) is 5.73 Å². The molecule has 0 radical (unpaired) electrons. The third-order valence-electron chi connectivity index (χ3n) is 3.91. The molecule has 0 spiro atoms. The highest BCUT2D eigenvalue weighted by atomic mass is 32.2.